The van der Waals surface area contributed by atoms with Gasteiger partial charge in [0.1, 0.15) is 12.4 Å². The number of ether oxygens (including phenoxy) is 2. The van der Waals surface area contributed by atoms with E-state index in [2.05, 4.69) is 39.7 Å². The highest BCUT2D eigenvalue weighted by Gasteiger charge is 2.41. The van der Waals surface area contributed by atoms with E-state index in [-0.39, 0.29) is 0 Å². The third-order valence-electron chi connectivity index (χ3n) is 6.10. The van der Waals surface area contributed by atoms with Crippen molar-refractivity contribution in [1.29, 1.82) is 0 Å². The van der Waals surface area contributed by atoms with Gasteiger partial charge in [0.25, 0.3) is 0 Å². The highest BCUT2D eigenvalue weighted by molar-refractivity contribution is 5.80. The molecule has 4 rings (SSSR count). The van der Waals surface area contributed by atoms with Crippen molar-refractivity contribution in [1.82, 2.24) is 14.7 Å². The fraction of sp³-hybridized carbons (Fsp3) is 0.591. The van der Waals surface area contributed by atoms with Crippen molar-refractivity contribution in [3.8, 4) is 18.1 Å². The van der Waals surface area contributed by atoms with Crippen molar-refractivity contribution in [3.05, 3.63) is 24.4 Å². The molecule has 1 aromatic heterocycles. The Morgan fingerprint density at radius 1 is 1.26 bits per heavy atom. The second-order valence-corrected chi connectivity index (χ2v) is 8.05. The molecule has 0 saturated carbocycles. The zero-order valence-electron chi connectivity index (χ0n) is 16.3. The SMILES string of the molecule is C#CCOC1C[C@H]2CC[C@@H](C1)N2C[C@@H](C)Cn1ncc2ccc(OC)cc21. The molecule has 5 nitrogen and oxygen atoms in total. The number of hydrogen-bond donors (Lipinski definition) is 0. The van der Waals surface area contributed by atoms with Gasteiger partial charge in [-0.1, -0.05) is 12.8 Å². The number of piperidine rings is 1. The number of benzene rings is 1. The second-order valence-electron chi connectivity index (χ2n) is 8.05. The van der Waals surface area contributed by atoms with Gasteiger partial charge in [0.2, 0.25) is 0 Å². The van der Waals surface area contributed by atoms with E-state index in [1.807, 2.05) is 12.3 Å². The Morgan fingerprint density at radius 2 is 2.04 bits per heavy atom. The lowest BCUT2D eigenvalue weighted by atomic mass is 9.98. The molecular weight excluding hydrogens is 338 g/mol. The third kappa shape index (κ3) is 3.83. The molecule has 4 atom stereocenters. The number of hydrogen-bond acceptors (Lipinski definition) is 4. The summed E-state index contributed by atoms with van der Waals surface area (Å²) >= 11 is 0. The molecule has 5 heteroatoms. The quantitative estimate of drug-likeness (QED) is 0.704. The Kier molecular flexibility index (Phi) is 5.38. The predicted molar refractivity (Wildman–Crippen MR) is 107 cm³/mol. The van der Waals surface area contributed by atoms with Crippen LogP contribution in [0.4, 0.5) is 0 Å². The van der Waals surface area contributed by atoms with Crippen LogP contribution in [0.1, 0.15) is 32.6 Å². The Bertz CT molecular complexity index is 811. The summed E-state index contributed by atoms with van der Waals surface area (Å²) in [6.07, 6.45) is 12.4. The van der Waals surface area contributed by atoms with Crippen molar-refractivity contribution in [2.45, 2.75) is 57.3 Å². The number of fused-ring (bicyclic) bond motifs is 3. The highest BCUT2D eigenvalue weighted by Crippen LogP contribution is 2.37. The van der Waals surface area contributed by atoms with E-state index in [9.17, 15) is 0 Å². The van der Waals surface area contributed by atoms with E-state index in [1.54, 1.807) is 7.11 Å². The molecule has 27 heavy (non-hydrogen) atoms. The molecule has 0 spiro atoms. The van der Waals surface area contributed by atoms with Crippen molar-refractivity contribution in [2.24, 2.45) is 5.92 Å². The van der Waals surface area contributed by atoms with Crippen LogP contribution in [-0.4, -0.2) is 53.1 Å². The molecular formula is C22H29N3O2. The minimum atomic E-state index is 0.340. The average Bonchev–Trinajstić information content (AvgIpc) is 3.16. The van der Waals surface area contributed by atoms with Gasteiger partial charge in [0.15, 0.2) is 0 Å². The van der Waals surface area contributed by atoms with Gasteiger partial charge in [-0.15, -0.1) is 6.42 Å². The van der Waals surface area contributed by atoms with Crippen LogP contribution < -0.4 is 4.74 Å². The summed E-state index contributed by atoms with van der Waals surface area (Å²) in [6.45, 7) is 4.80. The van der Waals surface area contributed by atoms with Crippen LogP contribution in [0.15, 0.2) is 24.4 Å². The minimum absolute atomic E-state index is 0.340. The minimum Gasteiger partial charge on any atom is -0.497 e. The molecule has 3 heterocycles. The Balaban J connectivity index is 1.39. The van der Waals surface area contributed by atoms with E-state index in [4.69, 9.17) is 15.9 Å². The Hall–Kier alpha value is -2.03. The number of terminal acetylenes is 1. The average molecular weight is 367 g/mol. The molecule has 2 saturated heterocycles. The summed E-state index contributed by atoms with van der Waals surface area (Å²) < 4.78 is 13.3. The van der Waals surface area contributed by atoms with Crippen molar-refractivity contribution < 1.29 is 9.47 Å². The highest BCUT2D eigenvalue weighted by atomic mass is 16.5. The van der Waals surface area contributed by atoms with Gasteiger partial charge in [-0.2, -0.15) is 5.10 Å². The topological polar surface area (TPSA) is 39.5 Å². The van der Waals surface area contributed by atoms with Crippen LogP contribution in [0.3, 0.4) is 0 Å². The first-order valence-electron chi connectivity index (χ1n) is 9.98. The van der Waals surface area contributed by atoms with Crippen molar-refractivity contribution in [3.63, 3.8) is 0 Å². The maximum absolute atomic E-state index is 5.83. The molecule has 2 bridgehead atoms. The van der Waals surface area contributed by atoms with Gasteiger partial charge < -0.3 is 9.47 Å². The molecule has 2 aliphatic heterocycles. The molecule has 1 unspecified atom stereocenters. The summed E-state index contributed by atoms with van der Waals surface area (Å²) in [5.41, 5.74) is 1.14. The second kappa shape index (κ2) is 7.92. The van der Waals surface area contributed by atoms with Gasteiger partial charge >= 0.3 is 0 Å². The molecule has 2 aromatic rings. The number of nitrogens with zero attached hydrogens (tertiary/aromatic N) is 3. The monoisotopic (exact) mass is 367 g/mol. The first kappa shape index (κ1) is 18.3. The number of methoxy groups -OCH3 is 1. The first-order valence-corrected chi connectivity index (χ1v) is 9.98. The van der Waals surface area contributed by atoms with Crippen LogP contribution >= 0.6 is 0 Å². The molecule has 144 valence electrons. The molecule has 0 amide bonds. The van der Waals surface area contributed by atoms with Crippen LogP contribution in [-0.2, 0) is 11.3 Å². The molecule has 0 aliphatic carbocycles. The van der Waals surface area contributed by atoms with Gasteiger partial charge in [-0.25, -0.2) is 0 Å². The Morgan fingerprint density at radius 3 is 2.74 bits per heavy atom. The number of rotatable bonds is 7. The predicted octanol–water partition coefficient (Wildman–Crippen LogP) is 3.33. The fourth-order valence-electron chi connectivity index (χ4n) is 4.86. The van der Waals surface area contributed by atoms with E-state index < -0.39 is 0 Å². The number of aromatic nitrogens is 2. The normalized spacial score (nSPS) is 26.2. The van der Waals surface area contributed by atoms with Crippen LogP contribution in [0.2, 0.25) is 0 Å². The molecule has 1 aromatic carbocycles. The molecule has 0 N–H and O–H groups in total. The van der Waals surface area contributed by atoms with Gasteiger partial charge in [-0.3, -0.25) is 9.58 Å². The zero-order valence-corrected chi connectivity index (χ0v) is 16.3. The van der Waals surface area contributed by atoms with Crippen LogP contribution in [0.5, 0.6) is 5.75 Å². The lowest BCUT2D eigenvalue weighted by Crippen LogP contribution is -2.47. The molecule has 0 radical (unpaired) electrons. The standard InChI is InChI=1S/C22H29N3O2/c1-4-9-27-21-10-18-6-7-19(11-21)24(18)14-16(2)15-25-22-12-20(26-3)8-5-17(22)13-23-25/h1,5,8,12-13,16,18-19,21H,6-7,9-11,14-15H2,2-3H3/t16-,18-,19+,21?/m1/s1. The smallest absolute Gasteiger partial charge is 0.121 e. The maximum atomic E-state index is 5.83. The van der Waals surface area contributed by atoms with Gasteiger partial charge in [-0.05, 0) is 43.7 Å². The summed E-state index contributed by atoms with van der Waals surface area (Å²) in [5, 5.41) is 5.77. The van der Waals surface area contributed by atoms with Gasteiger partial charge in [0, 0.05) is 36.6 Å². The maximum Gasteiger partial charge on any atom is 0.121 e. The molecule has 2 aliphatic rings. The zero-order chi connectivity index (χ0) is 18.8. The van der Waals surface area contributed by atoms with E-state index in [0.717, 1.165) is 42.6 Å². The van der Waals surface area contributed by atoms with Crippen LogP contribution in [0.25, 0.3) is 10.9 Å². The molecule has 2 fully saturated rings. The Labute approximate surface area is 161 Å². The van der Waals surface area contributed by atoms with Gasteiger partial charge in [0.05, 0.1) is 24.9 Å². The van der Waals surface area contributed by atoms with Crippen LogP contribution in [0, 0.1) is 18.3 Å². The van der Waals surface area contributed by atoms with E-state index in [0.29, 0.717) is 30.7 Å². The summed E-state index contributed by atoms with van der Waals surface area (Å²) in [4.78, 5) is 2.71. The first-order chi connectivity index (χ1) is 13.2. The van der Waals surface area contributed by atoms with E-state index in [1.165, 1.54) is 12.8 Å². The van der Waals surface area contributed by atoms with E-state index >= 15 is 0 Å². The summed E-state index contributed by atoms with van der Waals surface area (Å²) in [5.74, 6) is 4.01. The third-order valence-corrected chi connectivity index (χ3v) is 6.10. The lowest BCUT2D eigenvalue weighted by Gasteiger charge is -2.40. The fourth-order valence-corrected chi connectivity index (χ4v) is 4.86. The summed E-state index contributed by atoms with van der Waals surface area (Å²) in [7, 11) is 1.71. The largest absolute Gasteiger partial charge is 0.497 e. The summed E-state index contributed by atoms with van der Waals surface area (Å²) in [6, 6.07) is 7.42. The lowest BCUT2D eigenvalue weighted by molar-refractivity contribution is -0.0117. The van der Waals surface area contributed by atoms with Crippen molar-refractivity contribution in [2.75, 3.05) is 20.3 Å². The van der Waals surface area contributed by atoms with Crippen molar-refractivity contribution >= 4 is 10.9 Å².